The Labute approximate surface area is 326 Å². The average Bonchev–Trinajstić information content (AvgIpc) is 3.14. The van der Waals surface area contributed by atoms with Gasteiger partial charge >= 0.3 is 19.8 Å². The van der Waals surface area contributed by atoms with Gasteiger partial charge in [-0.25, -0.2) is 4.57 Å². The Hall–Kier alpha value is -1.25. The van der Waals surface area contributed by atoms with Gasteiger partial charge in [0.05, 0.1) is 13.2 Å². The quantitative estimate of drug-likeness (QED) is 0.0269. The predicted molar refractivity (Wildman–Crippen MR) is 220 cm³/mol. The predicted octanol–water partition coefficient (Wildman–Crippen LogP) is 12.6. The Bertz CT molecular complexity index is 886. The third kappa shape index (κ3) is 40.2. The Morgan fingerprint density at radius 2 is 0.925 bits per heavy atom. The molecule has 314 valence electrons. The van der Waals surface area contributed by atoms with E-state index < -0.39 is 26.5 Å². The van der Waals surface area contributed by atoms with Crippen LogP contribution in [0.5, 0.6) is 0 Å². The zero-order valence-corrected chi connectivity index (χ0v) is 35.4. The lowest BCUT2D eigenvalue weighted by molar-refractivity contribution is -0.161. The molecular formula is C43H84NO8P. The van der Waals surface area contributed by atoms with E-state index in [1.807, 2.05) is 0 Å². The van der Waals surface area contributed by atoms with Crippen molar-refractivity contribution in [3.05, 3.63) is 12.2 Å². The number of rotatable bonds is 42. The van der Waals surface area contributed by atoms with Crippen molar-refractivity contribution in [1.29, 1.82) is 0 Å². The van der Waals surface area contributed by atoms with E-state index in [-0.39, 0.29) is 38.6 Å². The summed E-state index contributed by atoms with van der Waals surface area (Å²) < 4.78 is 32.8. The van der Waals surface area contributed by atoms with Gasteiger partial charge < -0.3 is 20.1 Å². The van der Waals surface area contributed by atoms with E-state index in [9.17, 15) is 19.0 Å². The number of ether oxygens (including phenoxy) is 2. The number of esters is 2. The molecule has 0 aromatic rings. The Balaban J connectivity index is 4.10. The molecule has 0 aromatic carbocycles. The highest BCUT2D eigenvalue weighted by molar-refractivity contribution is 7.47. The van der Waals surface area contributed by atoms with E-state index in [2.05, 4.69) is 26.0 Å². The van der Waals surface area contributed by atoms with Crippen LogP contribution in [0.25, 0.3) is 0 Å². The van der Waals surface area contributed by atoms with Crippen LogP contribution < -0.4 is 5.73 Å². The fourth-order valence-electron chi connectivity index (χ4n) is 6.34. The summed E-state index contributed by atoms with van der Waals surface area (Å²) in [5.74, 6) is -0.820. The zero-order chi connectivity index (χ0) is 38.9. The van der Waals surface area contributed by atoms with E-state index in [1.54, 1.807) is 0 Å². The maximum Gasteiger partial charge on any atom is 0.472 e. The molecule has 0 fully saturated rings. The van der Waals surface area contributed by atoms with Gasteiger partial charge in [-0.05, 0) is 38.5 Å². The van der Waals surface area contributed by atoms with Gasteiger partial charge in [-0.15, -0.1) is 0 Å². The fourth-order valence-corrected chi connectivity index (χ4v) is 7.10. The number of unbranched alkanes of at least 4 members (excludes halogenated alkanes) is 27. The largest absolute Gasteiger partial charge is 0.472 e. The van der Waals surface area contributed by atoms with Crippen LogP contribution in [0, 0.1) is 0 Å². The molecule has 0 aromatic heterocycles. The van der Waals surface area contributed by atoms with Crippen LogP contribution in [0.2, 0.25) is 0 Å². The monoisotopic (exact) mass is 774 g/mol. The first-order valence-corrected chi connectivity index (χ1v) is 23.7. The Morgan fingerprint density at radius 1 is 0.547 bits per heavy atom. The average molecular weight is 774 g/mol. The third-order valence-electron chi connectivity index (χ3n) is 9.65. The molecule has 9 nitrogen and oxygen atoms in total. The first-order valence-electron chi connectivity index (χ1n) is 22.2. The van der Waals surface area contributed by atoms with Crippen LogP contribution >= 0.6 is 7.82 Å². The van der Waals surface area contributed by atoms with Crippen LogP contribution in [0.4, 0.5) is 0 Å². The first kappa shape index (κ1) is 51.8. The van der Waals surface area contributed by atoms with Gasteiger partial charge in [0.2, 0.25) is 0 Å². The summed E-state index contributed by atoms with van der Waals surface area (Å²) in [6.45, 7) is 3.75. The molecule has 2 atom stereocenters. The van der Waals surface area contributed by atoms with E-state index in [4.69, 9.17) is 24.3 Å². The standard InChI is InChI=1S/C43H84NO8P/c1-3-5-7-9-11-13-15-17-18-19-20-21-22-24-26-28-30-32-34-36-43(46)52-41(40-51-53(47,48)50-38-37-44)39-49-42(45)35-33-31-29-27-25-23-16-14-12-10-8-6-4-2/h17-18,41H,3-16,19-40,44H2,1-2H3,(H,47,48)/t41-/m1/s1. The summed E-state index contributed by atoms with van der Waals surface area (Å²) in [4.78, 5) is 34.8. The van der Waals surface area contributed by atoms with Crippen molar-refractivity contribution in [2.75, 3.05) is 26.4 Å². The molecule has 0 aliphatic rings. The number of carbonyl (C=O) groups excluding carboxylic acids is 2. The maximum absolute atomic E-state index is 12.6. The highest BCUT2D eigenvalue weighted by Crippen LogP contribution is 2.43. The topological polar surface area (TPSA) is 134 Å². The summed E-state index contributed by atoms with van der Waals surface area (Å²) >= 11 is 0. The van der Waals surface area contributed by atoms with Gasteiger partial charge in [0.25, 0.3) is 0 Å². The molecule has 0 radical (unpaired) electrons. The minimum Gasteiger partial charge on any atom is -0.462 e. The molecule has 1 unspecified atom stereocenters. The van der Waals surface area contributed by atoms with E-state index in [1.165, 1.54) is 148 Å². The lowest BCUT2D eigenvalue weighted by Gasteiger charge is -2.19. The van der Waals surface area contributed by atoms with Crippen LogP contribution in [-0.2, 0) is 32.7 Å². The van der Waals surface area contributed by atoms with Crippen LogP contribution in [0.15, 0.2) is 12.2 Å². The normalized spacial score (nSPS) is 13.4. The second kappa shape index (κ2) is 40.4. The third-order valence-corrected chi connectivity index (χ3v) is 10.6. The van der Waals surface area contributed by atoms with Gasteiger partial charge in [0.1, 0.15) is 6.61 Å². The van der Waals surface area contributed by atoms with Crippen molar-refractivity contribution >= 4 is 19.8 Å². The number of hydrogen-bond acceptors (Lipinski definition) is 8. The summed E-state index contributed by atoms with van der Waals surface area (Å²) in [5.41, 5.74) is 5.35. The fraction of sp³-hybridized carbons (Fsp3) is 0.907. The van der Waals surface area contributed by atoms with Gasteiger partial charge in [0.15, 0.2) is 6.10 Å². The molecular weight excluding hydrogens is 689 g/mol. The number of phosphoric ester groups is 1. The molecule has 0 heterocycles. The van der Waals surface area contributed by atoms with E-state index in [0.29, 0.717) is 6.42 Å². The number of phosphoric acid groups is 1. The van der Waals surface area contributed by atoms with Crippen molar-refractivity contribution in [1.82, 2.24) is 0 Å². The van der Waals surface area contributed by atoms with Gasteiger partial charge in [0, 0.05) is 19.4 Å². The molecule has 0 aliphatic heterocycles. The van der Waals surface area contributed by atoms with Crippen LogP contribution in [-0.4, -0.2) is 49.3 Å². The summed E-state index contributed by atoms with van der Waals surface area (Å²) in [6, 6.07) is 0. The number of hydrogen-bond donors (Lipinski definition) is 2. The number of allylic oxidation sites excluding steroid dienone is 2. The maximum atomic E-state index is 12.6. The van der Waals surface area contributed by atoms with Crippen molar-refractivity contribution in [3.8, 4) is 0 Å². The molecule has 0 rings (SSSR count). The van der Waals surface area contributed by atoms with Crippen LogP contribution in [0.1, 0.15) is 219 Å². The molecule has 0 aliphatic carbocycles. The first-order chi connectivity index (χ1) is 25.8. The van der Waals surface area contributed by atoms with Gasteiger partial charge in [-0.1, -0.05) is 180 Å². The lowest BCUT2D eigenvalue weighted by atomic mass is 10.0. The molecule has 0 saturated heterocycles. The van der Waals surface area contributed by atoms with Gasteiger partial charge in [-0.2, -0.15) is 0 Å². The highest BCUT2D eigenvalue weighted by atomic mass is 31.2. The molecule has 53 heavy (non-hydrogen) atoms. The summed E-state index contributed by atoms with van der Waals surface area (Å²) in [5, 5.41) is 0. The van der Waals surface area contributed by atoms with Crippen molar-refractivity contribution in [2.45, 2.75) is 225 Å². The SMILES string of the molecule is CCCCCCCCC=CCCCCCCCCCCCC(=O)O[C@H](COC(=O)CCCCCCCCCCCCCCC)COP(=O)(O)OCCN. The molecule has 0 saturated carbocycles. The molecule has 0 amide bonds. The highest BCUT2D eigenvalue weighted by Gasteiger charge is 2.26. The van der Waals surface area contributed by atoms with Crippen molar-refractivity contribution < 1.29 is 37.6 Å². The zero-order valence-electron chi connectivity index (χ0n) is 34.5. The summed E-state index contributed by atoms with van der Waals surface area (Å²) in [7, 11) is -4.37. The van der Waals surface area contributed by atoms with Crippen molar-refractivity contribution in [2.24, 2.45) is 5.73 Å². The summed E-state index contributed by atoms with van der Waals surface area (Å²) in [6.07, 6.45) is 40.9. The number of nitrogens with two attached hydrogens (primary N) is 1. The molecule has 10 heteroatoms. The van der Waals surface area contributed by atoms with Gasteiger partial charge in [-0.3, -0.25) is 18.6 Å². The molecule has 0 bridgehead atoms. The minimum absolute atomic E-state index is 0.0559. The smallest absolute Gasteiger partial charge is 0.462 e. The second-order valence-corrected chi connectivity index (χ2v) is 16.4. The van der Waals surface area contributed by atoms with E-state index >= 15 is 0 Å². The molecule has 0 spiro atoms. The Morgan fingerprint density at radius 3 is 1.34 bits per heavy atom. The molecule has 3 N–H and O–H groups in total. The minimum atomic E-state index is -4.37. The number of carbonyl (C=O) groups is 2. The van der Waals surface area contributed by atoms with Crippen LogP contribution in [0.3, 0.4) is 0 Å². The second-order valence-electron chi connectivity index (χ2n) is 14.9. The van der Waals surface area contributed by atoms with Crippen molar-refractivity contribution in [3.63, 3.8) is 0 Å². The Kier molecular flexibility index (Phi) is 39.5. The van der Waals surface area contributed by atoms with E-state index in [0.717, 1.165) is 38.5 Å². The lowest BCUT2D eigenvalue weighted by Crippen LogP contribution is -2.29.